The number of allylic oxidation sites excluding steroid dienone is 4. The molecule has 0 aliphatic carbocycles. The van der Waals surface area contributed by atoms with Crippen molar-refractivity contribution in [3.63, 3.8) is 0 Å². The highest BCUT2D eigenvalue weighted by molar-refractivity contribution is 5.93. The second-order valence-corrected chi connectivity index (χ2v) is 8.13. The van der Waals surface area contributed by atoms with Gasteiger partial charge in [-0.25, -0.2) is 9.37 Å². The second kappa shape index (κ2) is 8.90. The molecule has 0 saturated carbocycles. The molecule has 34 heavy (non-hydrogen) atoms. The zero-order chi connectivity index (χ0) is 23.7. The monoisotopic (exact) mass is 449 g/mol. The van der Waals surface area contributed by atoms with Crippen LogP contribution in [0.1, 0.15) is 13.8 Å². The fraction of sp³-hybridized carbons (Fsp3) is 0.107. The van der Waals surface area contributed by atoms with Gasteiger partial charge in [0.2, 0.25) is 0 Å². The van der Waals surface area contributed by atoms with Gasteiger partial charge in [-0.05, 0) is 66.5 Å². The van der Waals surface area contributed by atoms with Gasteiger partial charge in [0.25, 0.3) is 0 Å². The SMILES string of the molecule is C=C(/C=c1/c(-c2nc3c(-c4ccc(F)cc4)cccc3[nH]2)n[nH]/c1=C/C)C1=CCN=CC=C1C. The van der Waals surface area contributed by atoms with E-state index < -0.39 is 0 Å². The minimum Gasteiger partial charge on any atom is -0.337 e. The normalized spacial score (nSPS) is 14.9. The Kier molecular flexibility index (Phi) is 5.64. The average molecular weight is 450 g/mol. The first kappa shape index (κ1) is 21.5. The number of imidazole rings is 1. The molecular weight excluding hydrogens is 425 g/mol. The minimum absolute atomic E-state index is 0.264. The van der Waals surface area contributed by atoms with Gasteiger partial charge in [-0.3, -0.25) is 10.1 Å². The molecule has 0 atom stereocenters. The third-order valence-corrected chi connectivity index (χ3v) is 5.93. The number of hydrogen-bond donors (Lipinski definition) is 2. The number of halogens is 1. The van der Waals surface area contributed by atoms with Crippen LogP contribution in [0.3, 0.4) is 0 Å². The first-order valence-electron chi connectivity index (χ1n) is 11.1. The lowest BCUT2D eigenvalue weighted by Gasteiger charge is -2.06. The van der Waals surface area contributed by atoms with Gasteiger partial charge in [-0.15, -0.1) is 0 Å². The third-order valence-electron chi connectivity index (χ3n) is 5.93. The molecule has 0 spiro atoms. The summed E-state index contributed by atoms with van der Waals surface area (Å²) in [6.45, 7) is 8.97. The number of aromatic amines is 2. The summed E-state index contributed by atoms with van der Waals surface area (Å²) in [5.41, 5.74) is 7.29. The van der Waals surface area contributed by atoms with E-state index in [-0.39, 0.29) is 5.82 Å². The van der Waals surface area contributed by atoms with Crippen molar-refractivity contribution in [2.75, 3.05) is 6.54 Å². The molecule has 3 heterocycles. The smallest absolute Gasteiger partial charge is 0.159 e. The van der Waals surface area contributed by atoms with Crippen LogP contribution >= 0.6 is 0 Å². The summed E-state index contributed by atoms with van der Waals surface area (Å²) in [5.74, 6) is 0.387. The lowest BCUT2D eigenvalue weighted by atomic mass is 9.98. The Labute approximate surface area is 196 Å². The first-order chi connectivity index (χ1) is 16.5. The zero-order valence-electron chi connectivity index (χ0n) is 19.1. The largest absolute Gasteiger partial charge is 0.337 e. The number of hydrogen-bond acceptors (Lipinski definition) is 3. The van der Waals surface area contributed by atoms with Crippen LogP contribution in [0, 0.1) is 5.82 Å². The summed E-state index contributed by atoms with van der Waals surface area (Å²) in [6, 6.07) is 12.4. The summed E-state index contributed by atoms with van der Waals surface area (Å²) in [4.78, 5) is 12.6. The van der Waals surface area contributed by atoms with E-state index in [4.69, 9.17) is 4.98 Å². The molecule has 5 nitrogen and oxygen atoms in total. The number of fused-ring (bicyclic) bond motifs is 1. The highest BCUT2D eigenvalue weighted by Gasteiger charge is 2.14. The van der Waals surface area contributed by atoms with Gasteiger partial charge in [-0.1, -0.05) is 43.0 Å². The minimum atomic E-state index is -0.264. The zero-order valence-corrected chi connectivity index (χ0v) is 19.1. The molecule has 2 aromatic carbocycles. The van der Waals surface area contributed by atoms with Gasteiger partial charge < -0.3 is 4.98 Å². The Morgan fingerprint density at radius 1 is 1.15 bits per heavy atom. The van der Waals surface area contributed by atoms with Gasteiger partial charge in [0.15, 0.2) is 5.82 Å². The van der Waals surface area contributed by atoms with Crippen molar-refractivity contribution in [3.8, 4) is 22.6 Å². The number of para-hydroxylation sites is 1. The molecule has 5 rings (SSSR count). The number of H-pyrrole nitrogens is 2. The van der Waals surface area contributed by atoms with E-state index >= 15 is 0 Å². The predicted octanol–water partition coefficient (Wildman–Crippen LogP) is 4.85. The van der Waals surface area contributed by atoms with Crippen LogP contribution in [0.25, 0.3) is 45.8 Å². The molecule has 0 saturated heterocycles. The molecule has 4 aromatic rings. The molecule has 168 valence electrons. The van der Waals surface area contributed by atoms with Crippen LogP contribution in [0.15, 0.2) is 82.9 Å². The van der Waals surface area contributed by atoms with E-state index in [0.717, 1.165) is 49.4 Å². The summed E-state index contributed by atoms with van der Waals surface area (Å²) >= 11 is 0. The molecule has 0 bridgehead atoms. The predicted molar refractivity (Wildman–Crippen MR) is 137 cm³/mol. The Morgan fingerprint density at radius 3 is 2.76 bits per heavy atom. The fourth-order valence-electron chi connectivity index (χ4n) is 4.17. The molecule has 0 unspecified atom stereocenters. The fourth-order valence-corrected chi connectivity index (χ4v) is 4.17. The third kappa shape index (κ3) is 3.94. The highest BCUT2D eigenvalue weighted by atomic mass is 19.1. The van der Waals surface area contributed by atoms with E-state index in [1.165, 1.54) is 12.1 Å². The topological polar surface area (TPSA) is 69.7 Å². The molecule has 2 N–H and O–H groups in total. The van der Waals surface area contributed by atoms with Crippen molar-refractivity contribution in [3.05, 3.63) is 94.3 Å². The Bertz CT molecular complexity index is 1610. The van der Waals surface area contributed by atoms with Gasteiger partial charge in [0.1, 0.15) is 11.5 Å². The molecule has 0 radical (unpaired) electrons. The maximum Gasteiger partial charge on any atom is 0.159 e. The molecular formula is C28H24FN5. The maximum absolute atomic E-state index is 13.4. The summed E-state index contributed by atoms with van der Waals surface area (Å²) in [6.07, 6.45) is 9.93. The van der Waals surface area contributed by atoms with Crippen LogP contribution in [-0.2, 0) is 0 Å². The van der Waals surface area contributed by atoms with Crippen molar-refractivity contribution in [1.82, 2.24) is 20.2 Å². The van der Waals surface area contributed by atoms with Crippen molar-refractivity contribution in [2.45, 2.75) is 13.8 Å². The number of aliphatic imine (C=N–C) groups is 1. The summed E-state index contributed by atoms with van der Waals surface area (Å²) in [5, 5.41) is 9.49. The van der Waals surface area contributed by atoms with Gasteiger partial charge in [0.05, 0.1) is 22.9 Å². The lowest BCUT2D eigenvalue weighted by Crippen LogP contribution is -2.24. The van der Waals surface area contributed by atoms with Crippen LogP contribution in [0.4, 0.5) is 4.39 Å². The molecule has 0 fully saturated rings. The molecule has 0 amide bonds. The Morgan fingerprint density at radius 2 is 1.97 bits per heavy atom. The van der Waals surface area contributed by atoms with Crippen LogP contribution < -0.4 is 10.6 Å². The van der Waals surface area contributed by atoms with E-state index in [1.54, 1.807) is 12.1 Å². The van der Waals surface area contributed by atoms with Crippen LogP contribution in [0.2, 0.25) is 0 Å². The van der Waals surface area contributed by atoms with Crippen molar-refractivity contribution >= 4 is 29.4 Å². The van der Waals surface area contributed by atoms with E-state index in [2.05, 4.69) is 39.8 Å². The number of rotatable bonds is 4. The standard InChI is InChI=1S/C28H24FN5/c1-4-24-23(16-18(3)21-13-15-30-14-12-17(21)2)27(34-33-24)28-31-25-7-5-6-22(26(25)32-28)19-8-10-20(29)11-9-19/h4-14,16,33H,3,15H2,1-2H3,(H,31,32)/b23-16+,24-4+. The van der Waals surface area contributed by atoms with Crippen molar-refractivity contribution < 1.29 is 4.39 Å². The number of nitrogens with one attached hydrogen (secondary N) is 2. The molecule has 1 aliphatic heterocycles. The lowest BCUT2D eigenvalue weighted by molar-refractivity contribution is 0.628. The van der Waals surface area contributed by atoms with Crippen molar-refractivity contribution in [1.29, 1.82) is 0 Å². The van der Waals surface area contributed by atoms with E-state index in [0.29, 0.717) is 18.1 Å². The van der Waals surface area contributed by atoms with Gasteiger partial charge >= 0.3 is 0 Å². The number of nitrogens with zero attached hydrogens (tertiary/aromatic N) is 3. The molecule has 1 aliphatic rings. The first-order valence-corrected chi connectivity index (χ1v) is 11.1. The summed E-state index contributed by atoms with van der Waals surface area (Å²) < 4.78 is 13.4. The average Bonchev–Trinajstić information content (AvgIpc) is 3.38. The number of aromatic nitrogens is 4. The Hall–Kier alpha value is -4.32. The van der Waals surface area contributed by atoms with Crippen molar-refractivity contribution in [2.24, 2.45) is 4.99 Å². The molecule has 2 aromatic heterocycles. The molecule has 6 heteroatoms. The van der Waals surface area contributed by atoms with E-state index in [1.807, 2.05) is 49.6 Å². The van der Waals surface area contributed by atoms with Crippen LogP contribution in [0.5, 0.6) is 0 Å². The number of benzene rings is 2. The summed E-state index contributed by atoms with van der Waals surface area (Å²) in [7, 11) is 0. The quantitative estimate of drug-likeness (QED) is 0.467. The maximum atomic E-state index is 13.4. The Balaban J connectivity index is 1.64. The second-order valence-electron chi connectivity index (χ2n) is 8.13. The van der Waals surface area contributed by atoms with Gasteiger partial charge in [0, 0.05) is 17.0 Å². The van der Waals surface area contributed by atoms with Gasteiger partial charge in [-0.2, -0.15) is 5.10 Å². The van der Waals surface area contributed by atoms with E-state index in [9.17, 15) is 4.39 Å². The highest BCUT2D eigenvalue weighted by Crippen LogP contribution is 2.29. The van der Waals surface area contributed by atoms with Crippen LogP contribution in [-0.4, -0.2) is 32.9 Å².